The van der Waals surface area contributed by atoms with E-state index in [1.54, 1.807) is 6.08 Å². The molecule has 2 atom stereocenters. The highest BCUT2D eigenvalue weighted by Crippen LogP contribution is 2.15. The maximum absolute atomic E-state index is 12.3. The Morgan fingerprint density at radius 2 is 0.849 bits per heavy atom. The second-order valence-corrected chi connectivity index (χ2v) is 15.1. The number of nitrogens with one attached hydrogen (secondary N) is 1. The standard InChI is InChI=1S/C49H87NO3/c1-3-5-7-9-11-13-15-16-17-18-19-20-21-22-23-24-25-26-27-28-29-30-31-32-33-34-35-37-39-41-43-45-49(53)50-47(46-51)48(52)44-42-40-38-36-14-12-10-8-6-4-2/h6,8,14-16,18-19,21-22,36,42,44,47-48,51-52H,3-5,7,9-13,17,20,23-35,37-41,43,45-46H2,1-2H3,(H,50,53)/b8-6+,16-15-,19-18-,22-21-,36-14+,44-42+. The maximum Gasteiger partial charge on any atom is 0.220 e. The van der Waals surface area contributed by atoms with E-state index >= 15 is 0 Å². The van der Waals surface area contributed by atoms with E-state index in [1.165, 1.54) is 135 Å². The molecule has 306 valence electrons. The lowest BCUT2D eigenvalue weighted by Crippen LogP contribution is -2.45. The van der Waals surface area contributed by atoms with Crippen molar-refractivity contribution < 1.29 is 15.0 Å². The Balaban J connectivity index is 3.50. The summed E-state index contributed by atoms with van der Waals surface area (Å²) in [6.45, 7) is 4.15. The molecular weight excluding hydrogens is 651 g/mol. The van der Waals surface area contributed by atoms with Crippen LogP contribution in [0.1, 0.15) is 213 Å². The first-order valence-corrected chi connectivity index (χ1v) is 22.7. The number of carbonyl (C=O) groups is 1. The van der Waals surface area contributed by atoms with Crippen molar-refractivity contribution in [2.24, 2.45) is 0 Å². The topological polar surface area (TPSA) is 69.6 Å². The first-order valence-electron chi connectivity index (χ1n) is 22.7. The molecule has 0 aromatic carbocycles. The number of hydrogen-bond donors (Lipinski definition) is 3. The highest BCUT2D eigenvalue weighted by Gasteiger charge is 2.17. The summed E-state index contributed by atoms with van der Waals surface area (Å²) >= 11 is 0. The summed E-state index contributed by atoms with van der Waals surface area (Å²) in [7, 11) is 0. The average molecular weight is 738 g/mol. The van der Waals surface area contributed by atoms with Gasteiger partial charge < -0.3 is 15.5 Å². The highest BCUT2D eigenvalue weighted by atomic mass is 16.3. The van der Waals surface area contributed by atoms with Crippen LogP contribution < -0.4 is 5.32 Å². The summed E-state index contributed by atoms with van der Waals surface area (Å²) in [5, 5.41) is 22.9. The van der Waals surface area contributed by atoms with E-state index in [-0.39, 0.29) is 12.5 Å². The van der Waals surface area contributed by atoms with Gasteiger partial charge in [-0.3, -0.25) is 4.79 Å². The summed E-state index contributed by atoms with van der Waals surface area (Å²) in [6.07, 6.45) is 63.2. The number of amides is 1. The molecule has 0 spiro atoms. The molecule has 0 heterocycles. The molecule has 2 unspecified atom stereocenters. The zero-order valence-electron chi connectivity index (χ0n) is 35.0. The van der Waals surface area contributed by atoms with Gasteiger partial charge in [-0.05, 0) is 77.0 Å². The van der Waals surface area contributed by atoms with Crippen LogP contribution >= 0.6 is 0 Å². The molecule has 3 N–H and O–H groups in total. The number of aliphatic hydroxyl groups is 2. The van der Waals surface area contributed by atoms with Crippen LogP contribution in [0.15, 0.2) is 72.9 Å². The predicted molar refractivity (Wildman–Crippen MR) is 234 cm³/mol. The third-order valence-electron chi connectivity index (χ3n) is 9.90. The molecule has 53 heavy (non-hydrogen) atoms. The van der Waals surface area contributed by atoms with Crippen LogP contribution in [-0.4, -0.2) is 34.9 Å². The number of unbranched alkanes of at least 4 members (excludes halogenated alkanes) is 23. The number of aliphatic hydroxyl groups excluding tert-OH is 2. The summed E-state index contributed by atoms with van der Waals surface area (Å²) in [5.74, 6) is -0.0825. The lowest BCUT2D eigenvalue weighted by atomic mass is 10.0. The smallest absolute Gasteiger partial charge is 0.220 e. The minimum Gasteiger partial charge on any atom is -0.394 e. The molecule has 1 amide bonds. The summed E-state index contributed by atoms with van der Waals surface area (Å²) < 4.78 is 0. The molecule has 4 heteroatoms. The van der Waals surface area contributed by atoms with Crippen molar-refractivity contribution in [2.75, 3.05) is 6.61 Å². The molecule has 0 aliphatic heterocycles. The molecule has 4 nitrogen and oxygen atoms in total. The molecule has 0 aromatic rings. The third-order valence-corrected chi connectivity index (χ3v) is 9.90. The number of rotatable bonds is 40. The van der Waals surface area contributed by atoms with Crippen LogP contribution in [0.25, 0.3) is 0 Å². The van der Waals surface area contributed by atoms with Crippen molar-refractivity contribution >= 4 is 5.91 Å². The van der Waals surface area contributed by atoms with E-state index in [4.69, 9.17) is 0 Å². The molecule has 0 aromatic heterocycles. The van der Waals surface area contributed by atoms with Gasteiger partial charge in [0.25, 0.3) is 0 Å². The van der Waals surface area contributed by atoms with Crippen LogP contribution in [0.3, 0.4) is 0 Å². The van der Waals surface area contributed by atoms with E-state index in [2.05, 4.69) is 79.9 Å². The van der Waals surface area contributed by atoms with E-state index in [0.717, 1.165) is 57.8 Å². The van der Waals surface area contributed by atoms with Crippen LogP contribution in [-0.2, 0) is 4.79 Å². The van der Waals surface area contributed by atoms with Gasteiger partial charge in [-0.25, -0.2) is 0 Å². The van der Waals surface area contributed by atoms with Gasteiger partial charge in [-0.15, -0.1) is 0 Å². The Bertz CT molecular complexity index is 930. The van der Waals surface area contributed by atoms with Gasteiger partial charge in [-0.2, -0.15) is 0 Å². The van der Waals surface area contributed by atoms with Gasteiger partial charge >= 0.3 is 0 Å². The molecule has 0 aliphatic carbocycles. The molecule has 0 radical (unpaired) electrons. The minimum atomic E-state index is -0.870. The Kier molecular flexibility index (Phi) is 42.4. The van der Waals surface area contributed by atoms with Crippen LogP contribution in [0.2, 0.25) is 0 Å². The second kappa shape index (κ2) is 44.2. The first-order chi connectivity index (χ1) is 26.2. The minimum absolute atomic E-state index is 0.0825. The molecular formula is C49H87NO3. The lowest BCUT2D eigenvalue weighted by molar-refractivity contribution is -0.123. The van der Waals surface area contributed by atoms with Gasteiger partial charge in [-0.1, -0.05) is 202 Å². The van der Waals surface area contributed by atoms with Crippen molar-refractivity contribution in [3.05, 3.63) is 72.9 Å². The Morgan fingerprint density at radius 3 is 1.30 bits per heavy atom. The summed E-state index contributed by atoms with van der Waals surface area (Å²) in [4.78, 5) is 12.3. The molecule has 0 aliphatic rings. The van der Waals surface area contributed by atoms with Gasteiger partial charge in [0.05, 0.1) is 18.8 Å². The van der Waals surface area contributed by atoms with Gasteiger partial charge in [0.2, 0.25) is 5.91 Å². The summed E-state index contributed by atoms with van der Waals surface area (Å²) in [6, 6.07) is -0.645. The largest absolute Gasteiger partial charge is 0.394 e. The second-order valence-electron chi connectivity index (χ2n) is 15.1. The fraction of sp³-hybridized carbons (Fsp3) is 0.735. The van der Waals surface area contributed by atoms with Gasteiger partial charge in [0, 0.05) is 6.42 Å². The molecule has 0 bridgehead atoms. The van der Waals surface area contributed by atoms with Crippen LogP contribution in [0, 0.1) is 0 Å². The zero-order valence-corrected chi connectivity index (χ0v) is 35.0. The molecule has 0 saturated carbocycles. The predicted octanol–water partition coefficient (Wildman–Crippen LogP) is 14.3. The Morgan fingerprint density at radius 1 is 0.472 bits per heavy atom. The lowest BCUT2D eigenvalue weighted by Gasteiger charge is -2.19. The fourth-order valence-electron chi connectivity index (χ4n) is 6.46. The zero-order chi connectivity index (χ0) is 38.6. The number of hydrogen-bond acceptors (Lipinski definition) is 3. The van der Waals surface area contributed by atoms with E-state index < -0.39 is 12.1 Å². The van der Waals surface area contributed by atoms with Crippen LogP contribution in [0.4, 0.5) is 0 Å². The van der Waals surface area contributed by atoms with Crippen molar-refractivity contribution in [3.8, 4) is 0 Å². The Hall–Kier alpha value is -2.17. The van der Waals surface area contributed by atoms with Crippen molar-refractivity contribution in [3.63, 3.8) is 0 Å². The SMILES string of the molecule is CC/C=C/CC/C=C/CC/C=C/C(O)C(CO)NC(=O)CCCCCCCCCCCCCCCCCC/C=C\C/C=C\C/C=C\CCCCCCC. The average Bonchev–Trinajstić information content (AvgIpc) is 3.16. The number of carbonyl (C=O) groups excluding carboxylic acids is 1. The monoisotopic (exact) mass is 738 g/mol. The van der Waals surface area contributed by atoms with E-state index in [9.17, 15) is 15.0 Å². The van der Waals surface area contributed by atoms with E-state index in [1.807, 2.05) is 6.08 Å². The van der Waals surface area contributed by atoms with Gasteiger partial charge in [0.1, 0.15) is 0 Å². The normalized spacial score (nSPS) is 13.7. The van der Waals surface area contributed by atoms with Crippen molar-refractivity contribution in [1.82, 2.24) is 5.32 Å². The third kappa shape index (κ3) is 40.8. The summed E-state index contributed by atoms with van der Waals surface area (Å²) in [5.41, 5.74) is 0. The maximum atomic E-state index is 12.3. The first kappa shape index (κ1) is 50.8. The quantitative estimate of drug-likeness (QED) is 0.0433. The molecule has 0 rings (SSSR count). The van der Waals surface area contributed by atoms with E-state index in [0.29, 0.717) is 6.42 Å². The number of allylic oxidation sites excluding steroid dienone is 11. The highest BCUT2D eigenvalue weighted by molar-refractivity contribution is 5.76. The fourth-order valence-corrected chi connectivity index (χ4v) is 6.46. The van der Waals surface area contributed by atoms with Crippen molar-refractivity contribution in [1.29, 1.82) is 0 Å². The van der Waals surface area contributed by atoms with Crippen molar-refractivity contribution in [2.45, 2.75) is 225 Å². The van der Waals surface area contributed by atoms with Crippen LogP contribution in [0.5, 0.6) is 0 Å². The molecule has 0 saturated heterocycles. The molecule has 0 fully saturated rings. The Labute approximate surface area is 329 Å². The van der Waals surface area contributed by atoms with Gasteiger partial charge in [0.15, 0.2) is 0 Å².